The molecule has 0 aliphatic heterocycles. The van der Waals surface area contributed by atoms with Gasteiger partial charge in [0.1, 0.15) is 12.4 Å². The monoisotopic (exact) mass is 458 g/mol. The van der Waals surface area contributed by atoms with Gasteiger partial charge in [-0.3, -0.25) is 4.79 Å². The van der Waals surface area contributed by atoms with Crippen LogP contribution in [-0.2, 0) is 16.0 Å². The number of aryl methyl sites for hydroxylation is 2. The second kappa shape index (κ2) is 12.8. The number of rotatable bonds is 12. The van der Waals surface area contributed by atoms with Gasteiger partial charge in [0, 0.05) is 0 Å². The van der Waals surface area contributed by atoms with Crippen molar-refractivity contribution in [1.82, 2.24) is 0 Å². The molecule has 34 heavy (non-hydrogen) atoms. The molecule has 0 saturated heterocycles. The van der Waals surface area contributed by atoms with Crippen LogP contribution < -0.4 is 4.74 Å². The first-order valence-corrected chi connectivity index (χ1v) is 11.9. The Balaban J connectivity index is 1.81. The van der Waals surface area contributed by atoms with Crippen molar-refractivity contribution >= 4 is 12.5 Å². The van der Waals surface area contributed by atoms with Crippen molar-refractivity contribution in [3.8, 4) is 28.0 Å². The van der Waals surface area contributed by atoms with E-state index < -0.39 is 0 Å². The summed E-state index contributed by atoms with van der Waals surface area (Å²) in [4.78, 5) is 10.4. The van der Waals surface area contributed by atoms with Crippen LogP contribution in [0, 0.1) is 6.92 Å². The fourth-order valence-corrected chi connectivity index (χ4v) is 3.88. The van der Waals surface area contributed by atoms with Crippen LogP contribution in [0.5, 0.6) is 5.75 Å². The van der Waals surface area contributed by atoms with Crippen LogP contribution in [0.4, 0.5) is 0 Å². The van der Waals surface area contributed by atoms with Crippen LogP contribution in [0.3, 0.4) is 0 Å². The van der Waals surface area contributed by atoms with Crippen molar-refractivity contribution in [2.75, 3.05) is 19.8 Å². The van der Waals surface area contributed by atoms with Crippen molar-refractivity contribution in [2.45, 2.75) is 40.0 Å². The number of ether oxygens (including phenoxy) is 2. The van der Waals surface area contributed by atoms with Crippen LogP contribution in [0.1, 0.15) is 43.4 Å². The predicted octanol–water partition coefficient (Wildman–Crippen LogP) is 6.62. The summed E-state index contributed by atoms with van der Waals surface area (Å²) in [7, 11) is 0. The minimum absolute atomic E-state index is 0.0359. The van der Waals surface area contributed by atoms with Crippen molar-refractivity contribution < 1.29 is 19.4 Å². The Morgan fingerprint density at radius 1 is 0.912 bits per heavy atom. The summed E-state index contributed by atoms with van der Waals surface area (Å²) >= 11 is 0. The molecule has 3 rings (SSSR count). The van der Waals surface area contributed by atoms with E-state index in [2.05, 4.69) is 75.4 Å². The summed E-state index contributed by atoms with van der Waals surface area (Å²) in [5.74, 6) is 0.753. The van der Waals surface area contributed by atoms with Crippen LogP contribution >= 0.6 is 0 Å². The molecule has 0 amide bonds. The summed E-state index contributed by atoms with van der Waals surface area (Å²) in [5.41, 5.74) is 9.57. The molecule has 0 spiro atoms. The molecule has 4 heteroatoms. The average molecular weight is 459 g/mol. The number of carbonyl (C=O) groups is 1. The highest BCUT2D eigenvalue weighted by molar-refractivity contribution is 5.73. The first-order valence-electron chi connectivity index (χ1n) is 11.9. The molecule has 1 N–H and O–H groups in total. The zero-order valence-corrected chi connectivity index (χ0v) is 20.3. The molecule has 0 radical (unpaired) electrons. The van der Waals surface area contributed by atoms with Gasteiger partial charge in [0.2, 0.25) is 0 Å². The SMILES string of the molecule is CC/C(C)=C/c1ccc(-c2ccc(-c3ccc(OCCO)c(CCCOC=O)c3)cc2)cc1C. The van der Waals surface area contributed by atoms with Gasteiger partial charge in [0.25, 0.3) is 6.47 Å². The van der Waals surface area contributed by atoms with Gasteiger partial charge in [-0.1, -0.05) is 67.1 Å². The fraction of sp³-hybridized carbons (Fsp3) is 0.300. The molecule has 0 fully saturated rings. The second-order valence-corrected chi connectivity index (χ2v) is 8.46. The Hall–Kier alpha value is -3.37. The van der Waals surface area contributed by atoms with E-state index >= 15 is 0 Å². The molecule has 0 unspecified atom stereocenters. The largest absolute Gasteiger partial charge is 0.491 e. The van der Waals surface area contributed by atoms with Gasteiger partial charge < -0.3 is 14.6 Å². The minimum Gasteiger partial charge on any atom is -0.491 e. The molecule has 0 aromatic heterocycles. The number of hydrogen-bond acceptors (Lipinski definition) is 4. The number of allylic oxidation sites excluding steroid dienone is 1. The van der Waals surface area contributed by atoms with Gasteiger partial charge >= 0.3 is 0 Å². The maximum atomic E-state index is 10.4. The zero-order valence-electron chi connectivity index (χ0n) is 20.3. The molecule has 0 atom stereocenters. The van der Waals surface area contributed by atoms with Crippen molar-refractivity contribution in [3.63, 3.8) is 0 Å². The Morgan fingerprint density at radius 3 is 2.18 bits per heavy atom. The van der Waals surface area contributed by atoms with Crippen LogP contribution in [0.2, 0.25) is 0 Å². The quantitative estimate of drug-likeness (QED) is 0.245. The van der Waals surface area contributed by atoms with E-state index in [1.807, 2.05) is 12.1 Å². The standard InChI is InChI=1S/C30H34O4/c1-4-22(2)18-26-11-12-27(19-23(26)3)24-7-9-25(10-8-24)28-13-14-30(34-17-15-31)29(20-28)6-5-16-33-21-32/h7-14,18-21,31H,4-6,15-17H2,1-3H3/b22-18+. The van der Waals surface area contributed by atoms with E-state index in [9.17, 15) is 4.79 Å². The van der Waals surface area contributed by atoms with E-state index in [1.54, 1.807) is 0 Å². The highest BCUT2D eigenvalue weighted by Gasteiger charge is 2.09. The van der Waals surface area contributed by atoms with Gasteiger partial charge in [-0.05, 0) is 84.2 Å². The van der Waals surface area contributed by atoms with Gasteiger partial charge in [-0.15, -0.1) is 0 Å². The molecule has 3 aromatic carbocycles. The van der Waals surface area contributed by atoms with Gasteiger partial charge in [0.05, 0.1) is 13.2 Å². The number of aliphatic hydroxyl groups is 1. The van der Waals surface area contributed by atoms with E-state index in [0.29, 0.717) is 19.5 Å². The summed E-state index contributed by atoms with van der Waals surface area (Å²) < 4.78 is 10.5. The summed E-state index contributed by atoms with van der Waals surface area (Å²) in [6, 6.07) is 21.3. The van der Waals surface area contributed by atoms with Gasteiger partial charge in [0.15, 0.2) is 0 Å². The Kier molecular flexibility index (Phi) is 9.48. The molecular weight excluding hydrogens is 424 g/mol. The first kappa shape index (κ1) is 25.3. The topological polar surface area (TPSA) is 55.8 Å². The van der Waals surface area contributed by atoms with Crippen LogP contribution in [0.15, 0.2) is 66.2 Å². The molecule has 0 bridgehead atoms. The van der Waals surface area contributed by atoms with Gasteiger partial charge in [-0.2, -0.15) is 0 Å². The highest BCUT2D eigenvalue weighted by Crippen LogP contribution is 2.30. The normalized spacial score (nSPS) is 11.4. The lowest BCUT2D eigenvalue weighted by Crippen LogP contribution is -2.05. The van der Waals surface area contributed by atoms with E-state index in [1.165, 1.54) is 27.8 Å². The Bertz CT molecular complexity index is 1110. The lowest BCUT2D eigenvalue weighted by molar-refractivity contribution is -0.128. The number of benzene rings is 3. The van der Waals surface area contributed by atoms with Crippen molar-refractivity contribution in [3.05, 3.63) is 82.9 Å². The molecular formula is C30H34O4. The van der Waals surface area contributed by atoms with E-state index in [0.717, 1.165) is 35.3 Å². The van der Waals surface area contributed by atoms with Crippen molar-refractivity contribution in [1.29, 1.82) is 0 Å². The van der Waals surface area contributed by atoms with Gasteiger partial charge in [-0.25, -0.2) is 0 Å². The van der Waals surface area contributed by atoms with Crippen molar-refractivity contribution in [2.24, 2.45) is 0 Å². The smallest absolute Gasteiger partial charge is 0.293 e. The van der Waals surface area contributed by atoms with Crippen LogP contribution in [0.25, 0.3) is 28.3 Å². The Morgan fingerprint density at radius 2 is 1.56 bits per heavy atom. The highest BCUT2D eigenvalue weighted by atomic mass is 16.5. The third kappa shape index (κ3) is 6.82. The molecule has 3 aromatic rings. The molecule has 178 valence electrons. The third-order valence-corrected chi connectivity index (χ3v) is 5.97. The van der Waals surface area contributed by atoms with E-state index in [4.69, 9.17) is 14.6 Å². The van der Waals surface area contributed by atoms with E-state index in [-0.39, 0.29) is 13.2 Å². The maximum Gasteiger partial charge on any atom is 0.293 e. The molecule has 4 nitrogen and oxygen atoms in total. The molecule has 0 aliphatic carbocycles. The molecule has 0 aliphatic rings. The maximum absolute atomic E-state index is 10.4. The fourth-order valence-electron chi connectivity index (χ4n) is 3.88. The Labute approximate surface area is 202 Å². The molecule has 0 saturated carbocycles. The van der Waals surface area contributed by atoms with Crippen LogP contribution in [-0.4, -0.2) is 31.4 Å². The minimum atomic E-state index is -0.0359. The summed E-state index contributed by atoms with van der Waals surface area (Å²) in [6.45, 7) is 7.56. The predicted molar refractivity (Wildman–Crippen MR) is 139 cm³/mol. The second-order valence-electron chi connectivity index (χ2n) is 8.46. The lowest BCUT2D eigenvalue weighted by atomic mass is 9.95. The zero-order chi connectivity index (χ0) is 24.3. The first-order chi connectivity index (χ1) is 16.5. The average Bonchev–Trinajstić information content (AvgIpc) is 2.87. The third-order valence-electron chi connectivity index (χ3n) is 5.97. The lowest BCUT2D eigenvalue weighted by Gasteiger charge is -2.13. The number of hydrogen-bond donors (Lipinski definition) is 1. The summed E-state index contributed by atoms with van der Waals surface area (Å²) in [6.07, 6.45) is 4.75. The number of carbonyl (C=O) groups excluding carboxylic acids is 1. The summed E-state index contributed by atoms with van der Waals surface area (Å²) in [5, 5.41) is 9.11. The number of aliphatic hydroxyl groups excluding tert-OH is 1. The molecule has 0 heterocycles.